The van der Waals surface area contributed by atoms with E-state index in [0.29, 0.717) is 6.54 Å². The summed E-state index contributed by atoms with van der Waals surface area (Å²) in [5, 5.41) is 0. The predicted octanol–water partition coefficient (Wildman–Crippen LogP) is 4.22. The second-order valence-electron chi connectivity index (χ2n) is 4.78. The third-order valence-electron chi connectivity index (χ3n) is 3.59. The number of carbonyl (C=O) groups excluding carboxylic acids is 1. The molecule has 3 heteroatoms. The molecule has 2 nitrogen and oxygen atoms in total. The Balaban J connectivity index is 2.07. The number of benzene rings is 1. The zero-order valence-corrected chi connectivity index (χ0v) is 12.5. The number of likely N-dealkylation sites (N-methyl/N-ethyl adjacent to an activating group) is 1. The van der Waals surface area contributed by atoms with E-state index >= 15 is 0 Å². The quantitative estimate of drug-likeness (QED) is 0.772. The molecule has 1 aliphatic rings. The topological polar surface area (TPSA) is 20.3 Å². The van der Waals surface area contributed by atoms with Gasteiger partial charge in [-0.15, -0.1) is 11.3 Å². The second-order valence-corrected chi connectivity index (χ2v) is 5.98. The zero-order valence-electron chi connectivity index (χ0n) is 11.7. The van der Waals surface area contributed by atoms with Gasteiger partial charge in [-0.05, 0) is 37.6 Å². The summed E-state index contributed by atoms with van der Waals surface area (Å²) in [4.78, 5) is 16.9. The molecule has 0 fully saturated rings. The maximum absolute atomic E-state index is 12.5. The molecule has 0 atom stereocenters. The van der Waals surface area contributed by atoms with Crippen LogP contribution in [-0.4, -0.2) is 12.5 Å². The van der Waals surface area contributed by atoms with Gasteiger partial charge in [0.05, 0.1) is 11.3 Å². The van der Waals surface area contributed by atoms with Gasteiger partial charge in [0.1, 0.15) is 0 Å². The van der Waals surface area contributed by atoms with E-state index in [-0.39, 0.29) is 5.91 Å². The van der Waals surface area contributed by atoms with Crippen molar-refractivity contribution in [1.29, 1.82) is 0 Å². The van der Waals surface area contributed by atoms with Crippen LogP contribution in [0.4, 0.5) is 5.69 Å². The fourth-order valence-corrected chi connectivity index (χ4v) is 3.46. The average Bonchev–Trinajstić information content (AvgIpc) is 3.03. The Bertz CT molecular complexity index is 684. The highest BCUT2D eigenvalue weighted by atomic mass is 32.1. The van der Waals surface area contributed by atoms with Crippen molar-refractivity contribution in [2.24, 2.45) is 0 Å². The summed E-state index contributed by atoms with van der Waals surface area (Å²) in [6, 6.07) is 12.3. The van der Waals surface area contributed by atoms with Crippen LogP contribution in [0.3, 0.4) is 0 Å². The lowest BCUT2D eigenvalue weighted by molar-refractivity contribution is -0.112. The molecule has 0 unspecified atom stereocenters. The molecular formula is C17H17NOS. The first kappa shape index (κ1) is 13.1. The van der Waals surface area contributed by atoms with Crippen molar-refractivity contribution < 1.29 is 4.79 Å². The molecule has 0 bridgehead atoms. The van der Waals surface area contributed by atoms with E-state index in [1.807, 2.05) is 42.2 Å². The van der Waals surface area contributed by atoms with Crippen molar-refractivity contribution in [3.8, 4) is 0 Å². The molecule has 3 rings (SSSR count). The number of nitrogens with zero attached hydrogens (tertiary/aromatic N) is 1. The number of hydrogen-bond donors (Lipinski definition) is 0. The molecule has 0 saturated carbocycles. The average molecular weight is 283 g/mol. The number of anilines is 1. The molecule has 0 aliphatic carbocycles. The number of aryl methyl sites for hydroxylation is 1. The normalized spacial score (nSPS) is 16.0. The Morgan fingerprint density at radius 1 is 1.15 bits per heavy atom. The Labute approximate surface area is 123 Å². The minimum absolute atomic E-state index is 0.111. The van der Waals surface area contributed by atoms with E-state index in [4.69, 9.17) is 0 Å². The third-order valence-corrected chi connectivity index (χ3v) is 4.77. The number of rotatable bonds is 3. The summed E-state index contributed by atoms with van der Waals surface area (Å²) in [6.07, 6.45) is 3.07. The fourth-order valence-electron chi connectivity index (χ4n) is 2.56. The van der Waals surface area contributed by atoms with Gasteiger partial charge in [0, 0.05) is 21.9 Å². The first-order valence-electron chi connectivity index (χ1n) is 6.96. The van der Waals surface area contributed by atoms with Crippen molar-refractivity contribution in [3.05, 3.63) is 51.7 Å². The van der Waals surface area contributed by atoms with Gasteiger partial charge in [-0.2, -0.15) is 0 Å². The Hall–Kier alpha value is -1.87. The van der Waals surface area contributed by atoms with Crippen LogP contribution >= 0.6 is 11.3 Å². The zero-order chi connectivity index (χ0) is 14.1. The van der Waals surface area contributed by atoms with Crippen molar-refractivity contribution in [1.82, 2.24) is 0 Å². The summed E-state index contributed by atoms with van der Waals surface area (Å²) < 4.78 is 0. The molecular weight excluding hydrogens is 266 g/mol. The molecule has 0 N–H and O–H groups in total. The van der Waals surface area contributed by atoms with Gasteiger partial charge in [-0.1, -0.05) is 25.1 Å². The molecule has 1 aromatic carbocycles. The molecule has 2 heterocycles. The predicted molar refractivity (Wildman–Crippen MR) is 86.0 cm³/mol. The van der Waals surface area contributed by atoms with Crippen LogP contribution in [0.25, 0.3) is 11.6 Å². The molecule has 1 aliphatic heterocycles. The molecule has 20 heavy (non-hydrogen) atoms. The highest BCUT2D eigenvalue weighted by Crippen LogP contribution is 2.38. The second kappa shape index (κ2) is 5.25. The standard InChI is InChI=1S/C17H17NOS/c1-3-12-9-10-13(20-12)11-15-14-7-5-6-8-16(14)18(4-2)17(15)19/h5-11H,3-4H2,1-2H3/b15-11-. The van der Waals surface area contributed by atoms with Crippen molar-refractivity contribution in [2.45, 2.75) is 20.3 Å². The number of carbonyl (C=O) groups is 1. The van der Waals surface area contributed by atoms with E-state index in [2.05, 4.69) is 19.1 Å². The van der Waals surface area contributed by atoms with E-state index < -0.39 is 0 Å². The van der Waals surface area contributed by atoms with Gasteiger partial charge < -0.3 is 4.90 Å². The van der Waals surface area contributed by atoms with Crippen LogP contribution in [0.1, 0.15) is 29.2 Å². The number of fused-ring (bicyclic) bond motifs is 1. The van der Waals surface area contributed by atoms with Gasteiger partial charge >= 0.3 is 0 Å². The van der Waals surface area contributed by atoms with Crippen molar-refractivity contribution in [2.75, 3.05) is 11.4 Å². The van der Waals surface area contributed by atoms with Crippen LogP contribution in [0.5, 0.6) is 0 Å². The summed E-state index contributed by atoms with van der Waals surface area (Å²) >= 11 is 1.76. The van der Waals surface area contributed by atoms with Gasteiger partial charge in [-0.3, -0.25) is 4.79 Å². The fraction of sp³-hybridized carbons (Fsp3) is 0.235. The van der Waals surface area contributed by atoms with Crippen LogP contribution < -0.4 is 4.90 Å². The molecule has 0 radical (unpaired) electrons. The maximum atomic E-state index is 12.5. The first-order valence-corrected chi connectivity index (χ1v) is 7.78. The van der Waals surface area contributed by atoms with Crippen molar-refractivity contribution >= 4 is 34.6 Å². The highest BCUT2D eigenvalue weighted by Gasteiger charge is 2.30. The van der Waals surface area contributed by atoms with Gasteiger partial charge in [0.15, 0.2) is 0 Å². The minimum atomic E-state index is 0.111. The highest BCUT2D eigenvalue weighted by molar-refractivity contribution is 7.13. The summed E-state index contributed by atoms with van der Waals surface area (Å²) in [7, 11) is 0. The largest absolute Gasteiger partial charge is 0.308 e. The first-order chi connectivity index (χ1) is 9.74. The van der Waals surface area contributed by atoms with Crippen LogP contribution in [0, 0.1) is 0 Å². The molecule has 1 aromatic heterocycles. The minimum Gasteiger partial charge on any atom is -0.308 e. The molecule has 0 spiro atoms. The number of para-hydroxylation sites is 1. The lowest BCUT2D eigenvalue weighted by Gasteiger charge is -2.13. The number of hydrogen-bond acceptors (Lipinski definition) is 2. The number of thiophene rings is 1. The molecule has 102 valence electrons. The lowest BCUT2D eigenvalue weighted by atomic mass is 10.1. The van der Waals surface area contributed by atoms with Gasteiger partial charge in [-0.25, -0.2) is 0 Å². The SMILES string of the molecule is CCc1ccc(/C=C2\C(=O)N(CC)c3ccccc32)s1. The Morgan fingerprint density at radius 3 is 2.65 bits per heavy atom. The molecule has 1 amide bonds. The summed E-state index contributed by atoms with van der Waals surface area (Å²) in [5.41, 5.74) is 2.89. The Kier molecular flexibility index (Phi) is 3.45. The van der Waals surface area contributed by atoms with E-state index in [0.717, 1.165) is 28.1 Å². The lowest BCUT2D eigenvalue weighted by Crippen LogP contribution is -2.25. The molecule has 2 aromatic rings. The number of amides is 1. The smallest absolute Gasteiger partial charge is 0.259 e. The van der Waals surface area contributed by atoms with Crippen LogP contribution in [-0.2, 0) is 11.2 Å². The van der Waals surface area contributed by atoms with Crippen LogP contribution in [0.15, 0.2) is 36.4 Å². The summed E-state index contributed by atoms with van der Waals surface area (Å²) in [6.45, 7) is 4.87. The van der Waals surface area contributed by atoms with E-state index in [1.165, 1.54) is 4.88 Å². The summed E-state index contributed by atoms with van der Waals surface area (Å²) in [5.74, 6) is 0.111. The van der Waals surface area contributed by atoms with E-state index in [1.54, 1.807) is 11.3 Å². The van der Waals surface area contributed by atoms with E-state index in [9.17, 15) is 4.79 Å². The third kappa shape index (κ3) is 2.08. The maximum Gasteiger partial charge on any atom is 0.259 e. The molecule has 0 saturated heterocycles. The monoisotopic (exact) mass is 283 g/mol. The van der Waals surface area contributed by atoms with Crippen LogP contribution in [0.2, 0.25) is 0 Å². The van der Waals surface area contributed by atoms with Gasteiger partial charge in [0.25, 0.3) is 5.91 Å². The Morgan fingerprint density at radius 2 is 1.95 bits per heavy atom. The van der Waals surface area contributed by atoms with Crippen molar-refractivity contribution in [3.63, 3.8) is 0 Å². The van der Waals surface area contributed by atoms with Gasteiger partial charge in [0.2, 0.25) is 0 Å².